The quantitative estimate of drug-likeness (QED) is 0.870. The Hall–Kier alpha value is -1.84. The van der Waals surface area contributed by atoms with Gasteiger partial charge in [0.25, 0.3) is 5.91 Å². The number of hydrogen-bond donors (Lipinski definition) is 1. The molecule has 1 amide bonds. The number of amides is 1. The largest absolute Gasteiger partial charge is 0.334 e. The van der Waals surface area contributed by atoms with Gasteiger partial charge < -0.3 is 10.6 Å². The van der Waals surface area contributed by atoms with E-state index in [4.69, 9.17) is 5.73 Å². The van der Waals surface area contributed by atoms with Gasteiger partial charge in [0.05, 0.1) is 0 Å². The molecule has 0 atom stereocenters. The van der Waals surface area contributed by atoms with E-state index in [2.05, 4.69) is 24.3 Å². The first kappa shape index (κ1) is 18.5. The number of hydrogen-bond acceptors (Lipinski definition) is 2. The Morgan fingerprint density at radius 3 is 2.54 bits per heavy atom. The molecule has 0 fully saturated rings. The lowest BCUT2D eigenvalue weighted by Crippen LogP contribution is -2.32. The summed E-state index contributed by atoms with van der Waals surface area (Å²) in [5, 5.41) is 0. The number of nitrogens with two attached hydrogens (primary N) is 1. The van der Waals surface area contributed by atoms with Gasteiger partial charge in [0.2, 0.25) is 0 Å². The van der Waals surface area contributed by atoms with Gasteiger partial charge in [-0.2, -0.15) is 0 Å². The normalized spacial score (nSPS) is 12.4. The molecule has 0 unspecified atom stereocenters. The summed E-state index contributed by atoms with van der Waals surface area (Å²) in [4.78, 5) is 14.9. The summed E-state index contributed by atoms with van der Waals surface area (Å²) in [5.74, 6) is 0.108. The highest BCUT2D eigenvalue weighted by Gasteiger charge is 2.18. The van der Waals surface area contributed by atoms with Crippen LogP contribution < -0.4 is 5.73 Å². The van der Waals surface area contributed by atoms with Crippen LogP contribution in [0.5, 0.6) is 0 Å². The van der Waals surface area contributed by atoms with Crippen LogP contribution in [-0.2, 0) is 19.4 Å². The molecular formula is C20H25ClN2O. The summed E-state index contributed by atoms with van der Waals surface area (Å²) in [6, 6.07) is 16.3. The number of nitrogens with zero attached hydrogens (tertiary/aromatic N) is 1. The molecule has 0 saturated heterocycles. The minimum Gasteiger partial charge on any atom is -0.334 e. The van der Waals surface area contributed by atoms with Crippen LogP contribution in [0.4, 0.5) is 0 Å². The summed E-state index contributed by atoms with van der Waals surface area (Å²) in [6.07, 6.45) is 4.26. The minimum atomic E-state index is 0. The third kappa shape index (κ3) is 4.37. The van der Waals surface area contributed by atoms with Crippen molar-refractivity contribution in [2.24, 2.45) is 5.73 Å². The molecule has 1 aliphatic rings. The first-order valence-corrected chi connectivity index (χ1v) is 8.43. The Balaban J connectivity index is 0.00000208. The summed E-state index contributed by atoms with van der Waals surface area (Å²) in [6.45, 7) is 1.93. The van der Waals surface area contributed by atoms with Crippen molar-refractivity contribution in [3.63, 3.8) is 0 Å². The van der Waals surface area contributed by atoms with Crippen molar-refractivity contribution < 1.29 is 4.79 Å². The molecule has 0 radical (unpaired) electrons. The average Bonchev–Trinajstić information content (AvgIpc) is 3.06. The Morgan fingerprint density at radius 2 is 1.79 bits per heavy atom. The van der Waals surface area contributed by atoms with E-state index in [-0.39, 0.29) is 18.3 Å². The van der Waals surface area contributed by atoms with Crippen LogP contribution in [0.25, 0.3) is 0 Å². The molecule has 0 saturated carbocycles. The second kappa shape index (κ2) is 8.86. The molecule has 2 N–H and O–H groups in total. The number of halogens is 1. The maximum atomic E-state index is 12.9. The second-order valence-corrected chi connectivity index (χ2v) is 6.19. The lowest BCUT2D eigenvalue weighted by atomic mass is 10.1. The average molecular weight is 345 g/mol. The fraction of sp³-hybridized carbons (Fsp3) is 0.350. The maximum absolute atomic E-state index is 12.9. The number of rotatable bonds is 6. The molecule has 0 heterocycles. The highest BCUT2D eigenvalue weighted by atomic mass is 35.5. The monoisotopic (exact) mass is 344 g/mol. The van der Waals surface area contributed by atoms with Crippen LogP contribution in [0.1, 0.15) is 39.9 Å². The third-order valence-electron chi connectivity index (χ3n) is 4.48. The minimum absolute atomic E-state index is 0. The Bertz CT molecular complexity index is 673. The van der Waals surface area contributed by atoms with E-state index in [0.717, 1.165) is 30.4 Å². The van der Waals surface area contributed by atoms with Crippen LogP contribution >= 0.6 is 12.4 Å². The molecule has 1 aliphatic carbocycles. The molecule has 0 aliphatic heterocycles. The molecule has 128 valence electrons. The standard InChI is InChI=1S/C20H24N2O.ClH/c21-12-5-13-22(15-16-6-2-1-3-7-16)20(23)19-11-10-17-8-4-9-18(17)14-19;/h1-3,6-7,10-11,14H,4-5,8-9,12-13,15,21H2;1H. The number of carbonyl (C=O) groups is 1. The second-order valence-electron chi connectivity index (χ2n) is 6.19. The summed E-state index contributed by atoms with van der Waals surface area (Å²) in [5.41, 5.74) is 10.3. The van der Waals surface area contributed by atoms with Gasteiger partial charge in [0, 0.05) is 18.7 Å². The zero-order valence-electron chi connectivity index (χ0n) is 13.9. The van der Waals surface area contributed by atoms with Crippen molar-refractivity contribution in [2.75, 3.05) is 13.1 Å². The van der Waals surface area contributed by atoms with E-state index < -0.39 is 0 Å². The predicted octanol–water partition coefficient (Wildman–Crippen LogP) is 3.59. The van der Waals surface area contributed by atoms with E-state index in [0.29, 0.717) is 19.6 Å². The maximum Gasteiger partial charge on any atom is 0.254 e. The summed E-state index contributed by atoms with van der Waals surface area (Å²) < 4.78 is 0. The van der Waals surface area contributed by atoms with Gasteiger partial charge in [0.1, 0.15) is 0 Å². The molecular weight excluding hydrogens is 320 g/mol. The van der Waals surface area contributed by atoms with E-state index in [1.54, 1.807) is 0 Å². The Labute approximate surface area is 150 Å². The van der Waals surface area contributed by atoms with Crippen molar-refractivity contribution in [2.45, 2.75) is 32.2 Å². The SMILES string of the molecule is Cl.NCCCN(Cc1ccccc1)C(=O)c1ccc2c(c1)CCC2. The third-order valence-corrected chi connectivity index (χ3v) is 4.48. The fourth-order valence-electron chi connectivity index (χ4n) is 3.23. The number of benzene rings is 2. The van der Waals surface area contributed by atoms with Crippen molar-refractivity contribution >= 4 is 18.3 Å². The van der Waals surface area contributed by atoms with Gasteiger partial charge in [-0.1, -0.05) is 36.4 Å². The lowest BCUT2D eigenvalue weighted by Gasteiger charge is -2.23. The van der Waals surface area contributed by atoms with Crippen molar-refractivity contribution in [3.8, 4) is 0 Å². The molecule has 0 bridgehead atoms. The van der Waals surface area contributed by atoms with Gasteiger partial charge in [0.15, 0.2) is 0 Å². The first-order chi connectivity index (χ1) is 11.3. The van der Waals surface area contributed by atoms with Crippen LogP contribution in [0.15, 0.2) is 48.5 Å². The lowest BCUT2D eigenvalue weighted by molar-refractivity contribution is 0.0742. The molecule has 2 aromatic rings. The van der Waals surface area contributed by atoms with Crippen molar-refractivity contribution in [3.05, 3.63) is 70.8 Å². The van der Waals surface area contributed by atoms with Gasteiger partial charge in [-0.15, -0.1) is 12.4 Å². The zero-order valence-corrected chi connectivity index (χ0v) is 14.7. The molecule has 4 heteroatoms. The highest BCUT2D eigenvalue weighted by Crippen LogP contribution is 2.23. The summed E-state index contributed by atoms with van der Waals surface area (Å²) >= 11 is 0. The van der Waals surface area contributed by atoms with E-state index >= 15 is 0 Å². The molecule has 0 spiro atoms. The smallest absolute Gasteiger partial charge is 0.254 e. The number of carbonyl (C=O) groups excluding carboxylic acids is 1. The number of fused-ring (bicyclic) bond motifs is 1. The van der Waals surface area contributed by atoms with Crippen molar-refractivity contribution in [1.29, 1.82) is 0 Å². The van der Waals surface area contributed by atoms with Gasteiger partial charge in [-0.25, -0.2) is 0 Å². The van der Waals surface area contributed by atoms with E-state index in [1.165, 1.54) is 17.5 Å². The zero-order chi connectivity index (χ0) is 16.1. The van der Waals surface area contributed by atoms with Gasteiger partial charge in [-0.05, 0) is 61.1 Å². The van der Waals surface area contributed by atoms with Crippen LogP contribution in [0, 0.1) is 0 Å². The Kier molecular flexibility index (Phi) is 6.83. The van der Waals surface area contributed by atoms with E-state index in [9.17, 15) is 4.79 Å². The fourth-order valence-corrected chi connectivity index (χ4v) is 3.23. The topological polar surface area (TPSA) is 46.3 Å². The molecule has 0 aromatic heterocycles. The van der Waals surface area contributed by atoms with Crippen LogP contribution in [0.2, 0.25) is 0 Å². The number of aryl methyl sites for hydroxylation is 2. The summed E-state index contributed by atoms with van der Waals surface area (Å²) in [7, 11) is 0. The Morgan fingerprint density at radius 1 is 1.04 bits per heavy atom. The molecule has 2 aromatic carbocycles. The molecule has 3 rings (SSSR count). The van der Waals surface area contributed by atoms with Gasteiger partial charge >= 0.3 is 0 Å². The predicted molar refractivity (Wildman–Crippen MR) is 101 cm³/mol. The van der Waals surface area contributed by atoms with Crippen molar-refractivity contribution in [1.82, 2.24) is 4.90 Å². The van der Waals surface area contributed by atoms with Gasteiger partial charge in [-0.3, -0.25) is 4.79 Å². The highest BCUT2D eigenvalue weighted by molar-refractivity contribution is 5.94. The molecule has 24 heavy (non-hydrogen) atoms. The van der Waals surface area contributed by atoms with Crippen LogP contribution in [-0.4, -0.2) is 23.9 Å². The van der Waals surface area contributed by atoms with Crippen LogP contribution in [0.3, 0.4) is 0 Å². The first-order valence-electron chi connectivity index (χ1n) is 8.43. The molecule has 3 nitrogen and oxygen atoms in total. The van der Waals surface area contributed by atoms with E-state index in [1.807, 2.05) is 29.2 Å².